The maximum Gasteiger partial charge on any atom is 0.255 e. The molecular formula is C21H20ClN3O4. The molecule has 0 unspecified atom stereocenters. The minimum absolute atomic E-state index is 0.00461. The highest BCUT2D eigenvalue weighted by atomic mass is 35.5. The van der Waals surface area contributed by atoms with Crippen LogP contribution < -0.4 is 9.47 Å². The molecule has 8 heteroatoms. The number of rotatable bonds is 6. The van der Waals surface area contributed by atoms with Gasteiger partial charge in [0, 0.05) is 24.6 Å². The van der Waals surface area contributed by atoms with Crippen LogP contribution in [0.3, 0.4) is 0 Å². The number of hydrogen-bond acceptors (Lipinski definition) is 6. The van der Waals surface area contributed by atoms with Crippen molar-refractivity contribution in [3.8, 4) is 22.9 Å². The van der Waals surface area contributed by atoms with Crippen LogP contribution in [0.5, 0.6) is 11.5 Å². The van der Waals surface area contributed by atoms with Crippen molar-refractivity contribution in [1.82, 2.24) is 15.0 Å². The fourth-order valence-corrected chi connectivity index (χ4v) is 3.33. The van der Waals surface area contributed by atoms with Crippen molar-refractivity contribution < 1.29 is 18.8 Å². The van der Waals surface area contributed by atoms with Gasteiger partial charge in [0.15, 0.2) is 11.5 Å². The zero-order valence-electron chi connectivity index (χ0n) is 16.1. The molecule has 2 heterocycles. The Morgan fingerprint density at radius 1 is 1.17 bits per heavy atom. The van der Waals surface area contributed by atoms with Gasteiger partial charge in [-0.3, -0.25) is 4.79 Å². The molecular weight excluding hydrogens is 394 g/mol. The Kier molecular flexibility index (Phi) is 5.40. The van der Waals surface area contributed by atoms with Crippen LogP contribution in [-0.4, -0.2) is 40.3 Å². The maximum absolute atomic E-state index is 12.9. The predicted molar refractivity (Wildman–Crippen MR) is 107 cm³/mol. The van der Waals surface area contributed by atoms with E-state index < -0.39 is 0 Å². The van der Waals surface area contributed by atoms with Crippen LogP contribution in [0, 0.1) is 0 Å². The first kappa shape index (κ1) is 19.3. The molecule has 3 aromatic rings. The third-order valence-electron chi connectivity index (χ3n) is 4.65. The summed E-state index contributed by atoms with van der Waals surface area (Å²) in [5, 5.41) is 4.48. The minimum Gasteiger partial charge on any atom is -0.454 e. The second-order valence-electron chi connectivity index (χ2n) is 6.90. The summed E-state index contributed by atoms with van der Waals surface area (Å²) in [5.41, 5.74) is 1.26. The van der Waals surface area contributed by atoms with Crippen molar-refractivity contribution in [2.75, 3.05) is 13.3 Å². The summed E-state index contributed by atoms with van der Waals surface area (Å²) in [6, 6.07) is 12.5. The highest BCUT2D eigenvalue weighted by Gasteiger charge is 2.22. The van der Waals surface area contributed by atoms with E-state index in [9.17, 15) is 4.79 Å². The second-order valence-corrected chi connectivity index (χ2v) is 7.31. The molecule has 0 aliphatic carbocycles. The molecule has 150 valence electrons. The smallest absolute Gasteiger partial charge is 0.255 e. The molecule has 2 aromatic carbocycles. The van der Waals surface area contributed by atoms with Crippen molar-refractivity contribution in [1.29, 1.82) is 0 Å². The number of carbonyl (C=O) groups is 1. The van der Waals surface area contributed by atoms with E-state index in [1.807, 2.05) is 32.0 Å². The van der Waals surface area contributed by atoms with Gasteiger partial charge in [0.25, 0.3) is 5.91 Å². The van der Waals surface area contributed by atoms with E-state index in [0.717, 1.165) is 5.56 Å². The molecule has 0 saturated heterocycles. The molecule has 1 aliphatic rings. The SMILES string of the molecule is CC(C)N(CCc1nc(-c2ccc3c(c2)OCO3)no1)C(=O)c1ccccc1Cl. The van der Waals surface area contributed by atoms with Crippen molar-refractivity contribution in [2.45, 2.75) is 26.3 Å². The number of benzene rings is 2. The van der Waals surface area contributed by atoms with Crippen molar-refractivity contribution in [3.05, 3.63) is 58.9 Å². The Bertz CT molecular complexity index is 1030. The fourth-order valence-electron chi connectivity index (χ4n) is 3.11. The van der Waals surface area contributed by atoms with E-state index >= 15 is 0 Å². The molecule has 0 fully saturated rings. The molecule has 0 atom stereocenters. The third kappa shape index (κ3) is 4.05. The molecule has 0 spiro atoms. The summed E-state index contributed by atoms with van der Waals surface area (Å²) in [6.45, 7) is 4.56. The minimum atomic E-state index is -0.124. The number of amides is 1. The van der Waals surface area contributed by atoms with Gasteiger partial charge in [-0.05, 0) is 44.2 Å². The molecule has 1 aliphatic heterocycles. The molecule has 7 nitrogen and oxygen atoms in total. The average Bonchev–Trinajstić information content (AvgIpc) is 3.36. The summed E-state index contributed by atoms with van der Waals surface area (Å²) in [7, 11) is 0. The third-order valence-corrected chi connectivity index (χ3v) is 4.98. The largest absolute Gasteiger partial charge is 0.454 e. The molecule has 29 heavy (non-hydrogen) atoms. The Morgan fingerprint density at radius 2 is 1.97 bits per heavy atom. The number of hydrogen-bond donors (Lipinski definition) is 0. The van der Waals surface area contributed by atoms with E-state index in [0.29, 0.717) is 46.8 Å². The lowest BCUT2D eigenvalue weighted by atomic mass is 10.1. The maximum atomic E-state index is 12.9. The Hall–Kier alpha value is -3.06. The van der Waals surface area contributed by atoms with Crippen molar-refractivity contribution in [2.24, 2.45) is 0 Å². The van der Waals surface area contributed by atoms with Gasteiger partial charge < -0.3 is 18.9 Å². The number of fused-ring (bicyclic) bond motifs is 1. The zero-order valence-corrected chi connectivity index (χ0v) is 16.8. The number of carbonyl (C=O) groups excluding carboxylic acids is 1. The van der Waals surface area contributed by atoms with Crippen LogP contribution >= 0.6 is 11.6 Å². The van der Waals surface area contributed by atoms with Gasteiger partial charge in [0.05, 0.1) is 10.6 Å². The van der Waals surface area contributed by atoms with Crippen LogP contribution in [0.25, 0.3) is 11.4 Å². The molecule has 1 amide bonds. The number of aromatic nitrogens is 2. The Morgan fingerprint density at radius 3 is 2.76 bits per heavy atom. The van der Waals surface area contributed by atoms with E-state index in [1.165, 1.54) is 0 Å². The molecule has 1 aromatic heterocycles. The normalized spacial score (nSPS) is 12.4. The summed E-state index contributed by atoms with van der Waals surface area (Å²) in [5.74, 6) is 2.15. The van der Waals surface area contributed by atoms with Crippen LogP contribution in [-0.2, 0) is 6.42 Å². The van der Waals surface area contributed by atoms with Crippen LogP contribution in [0.15, 0.2) is 47.0 Å². The molecule has 0 radical (unpaired) electrons. The Labute approximate surface area is 173 Å². The molecule has 0 saturated carbocycles. The van der Waals surface area contributed by atoms with Gasteiger partial charge in [-0.2, -0.15) is 4.98 Å². The molecule has 0 bridgehead atoms. The van der Waals surface area contributed by atoms with Gasteiger partial charge in [-0.15, -0.1) is 0 Å². The van der Waals surface area contributed by atoms with Gasteiger partial charge in [0.1, 0.15) is 0 Å². The lowest BCUT2D eigenvalue weighted by molar-refractivity contribution is 0.0704. The highest BCUT2D eigenvalue weighted by Crippen LogP contribution is 2.35. The standard InChI is InChI=1S/C21H20ClN3O4/c1-13(2)25(21(26)15-5-3-4-6-16(15)22)10-9-19-23-20(24-29-19)14-7-8-17-18(11-14)28-12-27-17/h3-8,11,13H,9-10,12H2,1-2H3. The van der Waals surface area contributed by atoms with Gasteiger partial charge in [-0.1, -0.05) is 28.9 Å². The van der Waals surface area contributed by atoms with Crippen LogP contribution in [0.2, 0.25) is 5.02 Å². The van der Waals surface area contributed by atoms with E-state index in [4.69, 9.17) is 25.6 Å². The van der Waals surface area contributed by atoms with Crippen LogP contribution in [0.1, 0.15) is 30.1 Å². The summed E-state index contributed by atoms with van der Waals surface area (Å²) in [4.78, 5) is 19.1. The molecule has 4 rings (SSSR count). The second kappa shape index (κ2) is 8.13. The first-order chi connectivity index (χ1) is 14.0. The lowest BCUT2D eigenvalue weighted by Crippen LogP contribution is -2.38. The summed E-state index contributed by atoms with van der Waals surface area (Å²) in [6.07, 6.45) is 0.436. The zero-order chi connectivity index (χ0) is 20.4. The van der Waals surface area contributed by atoms with Crippen molar-refractivity contribution in [3.63, 3.8) is 0 Å². The topological polar surface area (TPSA) is 77.7 Å². The first-order valence-corrected chi connectivity index (χ1v) is 9.69. The summed E-state index contributed by atoms with van der Waals surface area (Å²) >= 11 is 6.19. The van der Waals surface area contributed by atoms with E-state index in [1.54, 1.807) is 29.2 Å². The molecule has 0 N–H and O–H groups in total. The van der Waals surface area contributed by atoms with Gasteiger partial charge in [-0.25, -0.2) is 0 Å². The van der Waals surface area contributed by atoms with Gasteiger partial charge in [0.2, 0.25) is 18.5 Å². The predicted octanol–water partition coefficient (Wildman–Crippen LogP) is 4.21. The average molecular weight is 414 g/mol. The van der Waals surface area contributed by atoms with Gasteiger partial charge >= 0.3 is 0 Å². The number of halogens is 1. The number of nitrogens with zero attached hydrogens (tertiary/aromatic N) is 3. The Balaban J connectivity index is 1.46. The monoisotopic (exact) mass is 413 g/mol. The highest BCUT2D eigenvalue weighted by molar-refractivity contribution is 6.33. The van der Waals surface area contributed by atoms with E-state index in [2.05, 4.69) is 10.1 Å². The van der Waals surface area contributed by atoms with E-state index in [-0.39, 0.29) is 18.7 Å². The lowest BCUT2D eigenvalue weighted by Gasteiger charge is -2.26. The van der Waals surface area contributed by atoms with Crippen LogP contribution in [0.4, 0.5) is 0 Å². The first-order valence-electron chi connectivity index (χ1n) is 9.31. The quantitative estimate of drug-likeness (QED) is 0.602. The fraction of sp³-hybridized carbons (Fsp3) is 0.286. The summed E-state index contributed by atoms with van der Waals surface area (Å²) < 4.78 is 16.1. The number of ether oxygens (including phenoxy) is 2. The van der Waals surface area contributed by atoms with Crippen molar-refractivity contribution >= 4 is 17.5 Å².